The molecule has 0 amide bonds. The molecule has 1 N–H and O–H groups in total. The summed E-state index contributed by atoms with van der Waals surface area (Å²) >= 11 is 0. The molecule has 0 heterocycles. The third-order valence-corrected chi connectivity index (χ3v) is 2.72. The van der Waals surface area contributed by atoms with Gasteiger partial charge in [-0.05, 0) is 35.4 Å². The highest BCUT2D eigenvalue weighted by atomic mass is 16.3. The molecule has 0 aliphatic carbocycles. The fraction of sp³-hybridized carbons (Fsp3) is 0.133. The molecule has 1 atom stereocenters. The molecule has 2 rings (SSSR count). The molecular formula is C15H14O. The molecule has 0 saturated carbocycles. The van der Waals surface area contributed by atoms with E-state index in [1.54, 1.807) is 13.0 Å². The predicted octanol–water partition coefficient (Wildman–Crippen LogP) is 3.39. The van der Waals surface area contributed by atoms with Gasteiger partial charge in [0, 0.05) is 0 Å². The first kappa shape index (κ1) is 10.7. The molecule has 0 aromatic heterocycles. The average molecular weight is 210 g/mol. The lowest BCUT2D eigenvalue weighted by atomic mass is 9.94. The molecule has 0 saturated heterocycles. The lowest BCUT2D eigenvalue weighted by Crippen LogP contribution is -2.17. The standard InChI is InChI=1S/C15H14O/c1-3-10-15(2,16)14-9-8-12-6-4-5-7-13(12)11-14/h4-11,16H,1H2,2H3/t15-/m1/s1. The predicted molar refractivity (Wildman–Crippen MR) is 67.2 cm³/mol. The summed E-state index contributed by atoms with van der Waals surface area (Å²) < 4.78 is 0. The highest BCUT2D eigenvalue weighted by molar-refractivity contribution is 5.83. The van der Waals surface area contributed by atoms with Crippen LogP contribution in [0.1, 0.15) is 12.5 Å². The van der Waals surface area contributed by atoms with Crippen molar-refractivity contribution in [1.29, 1.82) is 0 Å². The lowest BCUT2D eigenvalue weighted by Gasteiger charge is -2.18. The van der Waals surface area contributed by atoms with Crippen LogP contribution in [-0.4, -0.2) is 5.11 Å². The molecule has 0 radical (unpaired) electrons. The Balaban J connectivity index is 2.59. The first-order chi connectivity index (χ1) is 7.63. The minimum absolute atomic E-state index is 0.849. The average Bonchev–Trinajstić information content (AvgIpc) is 2.28. The molecule has 2 aromatic rings. The first-order valence-electron chi connectivity index (χ1n) is 5.22. The Morgan fingerprint density at radius 3 is 2.56 bits per heavy atom. The van der Waals surface area contributed by atoms with Gasteiger partial charge in [0.25, 0.3) is 0 Å². The number of rotatable bonds is 2. The zero-order valence-electron chi connectivity index (χ0n) is 9.27. The van der Waals surface area contributed by atoms with E-state index in [0.717, 1.165) is 10.9 Å². The van der Waals surface area contributed by atoms with Crippen molar-refractivity contribution in [1.82, 2.24) is 0 Å². The molecule has 1 nitrogen and oxygen atoms in total. The molecule has 0 unspecified atom stereocenters. The molecule has 1 heteroatoms. The van der Waals surface area contributed by atoms with Crippen molar-refractivity contribution in [3.8, 4) is 0 Å². The Labute approximate surface area is 95.4 Å². The lowest BCUT2D eigenvalue weighted by molar-refractivity contribution is 0.111. The van der Waals surface area contributed by atoms with Crippen molar-refractivity contribution in [2.24, 2.45) is 0 Å². The van der Waals surface area contributed by atoms with Crippen molar-refractivity contribution in [2.75, 3.05) is 0 Å². The van der Waals surface area contributed by atoms with Crippen LogP contribution in [0.4, 0.5) is 0 Å². The topological polar surface area (TPSA) is 20.2 Å². The van der Waals surface area contributed by atoms with Crippen molar-refractivity contribution < 1.29 is 5.11 Å². The van der Waals surface area contributed by atoms with Crippen LogP contribution in [0.5, 0.6) is 0 Å². The monoisotopic (exact) mass is 210 g/mol. The molecule has 0 spiro atoms. The zero-order valence-corrected chi connectivity index (χ0v) is 9.27. The molecular weight excluding hydrogens is 196 g/mol. The Morgan fingerprint density at radius 1 is 1.19 bits per heavy atom. The van der Waals surface area contributed by atoms with E-state index >= 15 is 0 Å². The van der Waals surface area contributed by atoms with Gasteiger partial charge < -0.3 is 5.11 Å². The van der Waals surface area contributed by atoms with Crippen LogP contribution in [0, 0.1) is 0 Å². The van der Waals surface area contributed by atoms with Gasteiger partial charge in [-0.1, -0.05) is 43.0 Å². The fourth-order valence-electron chi connectivity index (χ4n) is 1.79. The molecule has 0 aliphatic rings. The molecule has 0 bridgehead atoms. The maximum atomic E-state index is 10.2. The second kappa shape index (κ2) is 3.97. The number of hydrogen-bond donors (Lipinski definition) is 1. The normalized spacial score (nSPS) is 14.1. The van der Waals surface area contributed by atoms with E-state index in [1.807, 2.05) is 36.4 Å². The van der Waals surface area contributed by atoms with Gasteiger partial charge in [-0.3, -0.25) is 0 Å². The van der Waals surface area contributed by atoms with Gasteiger partial charge in [0.15, 0.2) is 0 Å². The summed E-state index contributed by atoms with van der Waals surface area (Å²) in [7, 11) is 0. The third kappa shape index (κ3) is 1.92. The summed E-state index contributed by atoms with van der Waals surface area (Å²) in [5.74, 6) is 0. The van der Waals surface area contributed by atoms with Crippen LogP contribution in [0.3, 0.4) is 0 Å². The maximum absolute atomic E-state index is 10.2. The Morgan fingerprint density at radius 2 is 1.88 bits per heavy atom. The maximum Gasteiger partial charge on any atom is 0.112 e. The highest BCUT2D eigenvalue weighted by Crippen LogP contribution is 2.25. The van der Waals surface area contributed by atoms with Crippen LogP contribution < -0.4 is 0 Å². The van der Waals surface area contributed by atoms with Crippen molar-refractivity contribution in [3.63, 3.8) is 0 Å². The van der Waals surface area contributed by atoms with Crippen LogP contribution in [0.25, 0.3) is 10.8 Å². The summed E-state index contributed by atoms with van der Waals surface area (Å²) in [6.07, 6.45) is 1.57. The van der Waals surface area contributed by atoms with Crippen LogP contribution in [0.15, 0.2) is 60.9 Å². The molecule has 0 aliphatic heterocycles. The van der Waals surface area contributed by atoms with Gasteiger partial charge in [0.1, 0.15) is 5.60 Å². The van der Waals surface area contributed by atoms with Crippen LogP contribution >= 0.6 is 0 Å². The van der Waals surface area contributed by atoms with E-state index < -0.39 is 5.60 Å². The SMILES string of the molecule is C=C=C[C@@](C)(O)c1ccc2ccccc2c1. The van der Waals surface area contributed by atoms with E-state index in [1.165, 1.54) is 5.39 Å². The van der Waals surface area contributed by atoms with Crippen LogP contribution in [-0.2, 0) is 5.60 Å². The quantitative estimate of drug-likeness (QED) is 0.753. The van der Waals surface area contributed by atoms with E-state index in [9.17, 15) is 5.11 Å². The summed E-state index contributed by atoms with van der Waals surface area (Å²) in [6.45, 7) is 5.22. The van der Waals surface area contributed by atoms with Gasteiger partial charge in [-0.25, -0.2) is 0 Å². The summed E-state index contributed by atoms with van der Waals surface area (Å²) in [4.78, 5) is 0. The van der Waals surface area contributed by atoms with E-state index in [-0.39, 0.29) is 0 Å². The minimum Gasteiger partial charge on any atom is -0.381 e. The fourth-order valence-corrected chi connectivity index (χ4v) is 1.79. The van der Waals surface area contributed by atoms with Crippen molar-refractivity contribution in [3.05, 3.63) is 66.4 Å². The number of aliphatic hydroxyl groups is 1. The van der Waals surface area contributed by atoms with E-state index in [4.69, 9.17) is 0 Å². The Hall–Kier alpha value is -1.82. The van der Waals surface area contributed by atoms with Crippen molar-refractivity contribution >= 4 is 10.8 Å². The van der Waals surface area contributed by atoms with E-state index in [0.29, 0.717) is 0 Å². The number of hydrogen-bond acceptors (Lipinski definition) is 1. The minimum atomic E-state index is -1.01. The smallest absolute Gasteiger partial charge is 0.112 e. The first-order valence-corrected chi connectivity index (χ1v) is 5.22. The second-order valence-electron chi connectivity index (χ2n) is 4.06. The van der Waals surface area contributed by atoms with E-state index in [2.05, 4.69) is 18.4 Å². The van der Waals surface area contributed by atoms with Gasteiger partial charge in [0.05, 0.1) is 0 Å². The van der Waals surface area contributed by atoms with Gasteiger partial charge in [-0.2, -0.15) is 0 Å². The summed E-state index contributed by atoms with van der Waals surface area (Å²) in [5.41, 5.74) is 2.47. The Bertz CT molecular complexity index is 560. The van der Waals surface area contributed by atoms with Crippen molar-refractivity contribution in [2.45, 2.75) is 12.5 Å². The van der Waals surface area contributed by atoms with Gasteiger partial charge in [0.2, 0.25) is 0 Å². The van der Waals surface area contributed by atoms with Crippen LogP contribution in [0.2, 0.25) is 0 Å². The summed E-state index contributed by atoms with van der Waals surface area (Å²) in [6, 6.07) is 14.0. The van der Waals surface area contributed by atoms with Gasteiger partial charge >= 0.3 is 0 Å². The highest BCUT2D eigenvalue weighted by Gasteiger charge is 2.19. The number of fused-ring (bicyclic) bond motifs is 1. The number of benzene rings is 2. The molecule has 0 fully saturated rings. The summed E-state index contributed by atoms with van der Waals surface area (Å²) in [5, 5.41) is 12.5. The second-order valence-corrected chi connectivity index (χ2v) is 4.06. The molecule has 2 aromatic carbocycles. The zero-order chi connectivity index (χ0) is 11.6. The molecule has 80 valence electrons. The largest absolute Gasteiger partial charge is 0.381 e. The van der Waals surface area contributed by atoms with Gasteiger partial charge in [-0.15, -0.1) is 5.73 Å². The third-order valence-electron chi connectivity index (χ3n) is 2.72. The molecule has 16 heavy (non-hydrogen) atoms. The Kier molecular flexibility index (Phi) is 2.66.